The summed E-state index contributed by atoms with van der Waals surface area (Å²) < 4.78 is 0.646. The van der Waals surface area contributed by atoms with Gasteiger partial charge in [0, 0.05) is 5.75 Å². The van der Waals surface area contributed by atoms with E-state index >= 15 is 0 Å². The van der Waals surface area contributed by atoms with Crippen molar-refractivity contribution in [1.82, 2.24) is 10.2 Å². The molecule has 6 nitrogen and oxygen atoms in total. The number of carbonyl (C=O) groups excluding carboxylic acids is 2. The van der Waals surface area contributed by atoms with Crippen LogP contribution < -0.4 is 4.90 Å². The quantitative estimate of drug-likeness (QED) is 0.134. The Morgan fingerprint density at radius 2 is 1.71 bits per heavy atom. The molecule has 1 atom stereocenters. The number of ketones is 1. The first-order valence-corrected chi connectivity index (χ1v) is 14.0. The number of hydrogen-bond donors (Lipinski definition) is 1. The van der Waals surface area contributed by atoms with Gasteiger partial charge in [-0.05, 0) is 34.9 Å². The van der Waals surface area contributed by atoms with Gasteiger partial charge in [0.15, 0.2) is 15.9 Å². The smallest absolute Gasteiger partial charge is 0.296 e. The average molecular weight is 581 g/mol. The van der Waals surface area contributed by atoms with E-state index in [9.17, 15) is 14.7 Å². The Kier molecular flexibility index (Phi) is 7.95. The van der Waals surface area contributed by atoms with Crippen LogP contribution in [0.3, 0.4) is 0 Å². The van der Waals surface area contributed by atoms with Crippen LogP contribution >= 0.6 is 46.3 Å². The van der Waals surface area contributed by atoms with Gasteiger partial charge in [0.1, 0.15) is 0 Å². The van der Waals surface area contributed by atoms with Crippen molar-refractivity contribution in [2.75, 3.05) is 4.90 Å². The molecule has 3 aromatic carbocycles. The lowest BCUT2D eigenvalue weighted by Gasteiger charge is -2.24. The van der Waals surface area contributed by atoms with Gasteiger partial charge in [-0.15, -0.1) is 10.2 Å². The summed E-state index contributed by atoms with van der Waals surface area (Å²) in [5, 5.41) is 20.2. The number of anilines is 1. The molecule has 5 rings (SSSR count). The number of aliphatic hydroxyl groups excluding tert-OH is 1. The summed E-state index contributed by atoms with van der Waals surface area (Å²) in [5.74, 6) is -1.22. The molecule has 1 amide bonds. The summed E-state index contributed by atoms with van der Waals surface area (Å²) in [5.41, 5.74) is 2.35. The van der Waals surface area contributed by atoms with Crippen molar-refractivity contribution in [1.29, 1.82) is 0 Å². The zero-order valence-electron chi connectivity index (χ0n) is 19.6. The standard InChI is InChI=1S/C28H19Cl2N3O3S2/c29-20-13-12-19(15-21(20)30)24-23(22(34)14-11-17-7-3-1-4-8-17)25(35)26(36)33(24)27-31-32-28(38-27)37-16-18-9-5-2-6-10-18/h1-15,24,35H,16H2/b14-11+. The Hall–Kier alpha value is -3.43. The first-order valence-electron chi connectivity index (χ1n) is 11.4. The molecule has 190 valence electrons. The van der Waals surface area contributed by atoms with Gasteiger partial charge in [0.25, 0.3) is 5.91 Å². The fraction of sp³-hybridized carbons (Fsp3) is 0.0714. The predicted molar refractivity (Wildman–Crippen MR) is 153 cm³/mol. The van der Waals surface area contributed by atoms with Crippen molar-refractivity contribution in [2.45, 2.75) is 16.1 Å². The summed E-state index contributed by atoms with van der Waals surface area (Å²) in [4.78, 5) is 28.0. The normalized spacial score (nSPS) is 15.6. The minimum absolute atomic E-state index is 0.0748. The Morgan fingerprint density at radius 3 is 2.42 bits per heavy atom. The fourth-order valence-electron chi connectivity index (χ4n) is 3.96. The van der Waals surface area contributed by atoms with E-state index in [1.54, 1.807) is 24.3 Å². The van der Waals surface area contributed by atoms with Crippen molar-refractivity contribution < 1.29 is 14.7 Å². The van der Waals surface area contributed by atoms with Crippen LogP contribution in [-0.2, 0) is 15.3 Å². The Morgan fingerprint density at radius 1 is 1.00 bits per heavy atom. The molecule has 4 aromatic rings. The molecule has 0 bridgehead atoms. The second-order valence-corrected chi connectivity index (χ2v) is 11.2. The van der Waals surface area contributed by atoms with E-state index in [2.05, 4.69) is 10.2 Å². The van der Waals surface area contributed by atoms with Crippen molar-refractivity contribution in [3.05, 3.63) is 123 Å². The van der Waals surface area contributed by atoms with Crippen molar-refractivity contribution in [2.24, 2.45) is 0 Å². The molecule has 0 aliphatic carbocycles. The average Bonchev–Trinajstić information content (AvgIpc) is 3.51. The number of thioether (sulfide) groups is 1. The van der Waals surface area contributed by atoms with Crippen molar-refractivity contribution >= 4 is 69.2 Å². The van der Waals surface area contributed by atoms with Crippen molar-refractivity contribution in [3.63, 3.8) is 0 Å². The van der Waals surface area contributed by atoms with Crippen LogP contribution in [0.4, 0.5) is 5.13 Å². The van der Waals surface area contributed by atoms with E-state index in [0.29, 0.717) is 20.7 Å². The molecule has 1 aromatic heterocycles. The molecule has 1 aliphatic heterocycles. The number of nitrogens with zero attached hydrogens (tertiary/aromatic N) is 3. The van der Waals surface area contributed by atoms with Gasteiger partial charge in [0.05, 0.1) is 21.7 Å². The predicted octanol–water partition coefficient (Wildman–Crippen LogP) is 7.32. The molecular formula is C28H19Cl2N3O3S2. The maximum Gasteiger partial charge on any atom is 0.296 e. The van der Waals surface area contributed by atoms with E-state index < -0.39 is 23.5 Å². The maximum atomic E-state index is 13.4. The highest BCUT2D eigenvalue weighted by atomic mass is 35.5. The van der Waals surface area contributed by atoms with Crippen LogP contribution in [0, 0.1) is 0 Å². The van der Waals surface area contributed by atoms with Gasteiger partial charge >= 0.3 is 0 Å². The van der Waals surface area contributed by atoms with E-state index in [1.165, 1.54) is 34.1 Å². The van der Waals surface area contributed by atoms with Crippen LogP contribution in [0.5, 0.6) is 0 Å². The number of allylic oxidation sites excluding steroid dienone is 1. The Bertz CT molecular complexity index is 1560. The van der Waals surface area contributed by atoms with E-state index in [0.717, 1.165) is 11.1 Å². The summed E-state index contributed by atoms with van der Waals surface area (Å²) in [7, 11) is 0. The number of hydrogen-bond acceptors (Lipinski definition) is 7. The van der Waals surface area contributed by atoms with E-state index in [-0.39, 0.29) is 15.7 Å². The van der Waals surface area contributed by atoms with Gasteiger partial charge in [0.2, 0.25) is 5.13 Å². The molecule has 38 heavy (non-hydrogen) atoms. The number of aliphatic hydroxyl groups is 1. The molecule has 0 radical (unpaired) electrons. The highest BCUT2D eigenvalue weighted by Crippen LogP contribution is 2.44. The second-order valence-electron chi connectivity index (χ2n) is 8.25. The highest BCUT2D eigenvalue weighted by molar-refractivity contribution is 8.00. The summed E-state index contributed by atoms with van der Waals surface area (Å²) in [6, 6.07) is 23.0. The first kappa shape index (κ1) is 26.2. The van der Waals surface area contributed by atoms with Crippen LogP contribution in [0.15, 0.2) is 101 Å². The summed E-state index contributed by atoms with van der Waals surface area (Å²) in [6.07, 6.45) is 2.97. The topological polar surface area (TPSA) is 83.4 Å². The molecule has 1 aliphatic rings. The molecular weight excluding hydrogens is 561 g/mol. The number of benzene rings is 3. The fourth-order valence-corrected chi connectivity index (χ4v) is 6.09. The van der Waals surface area contributed by atoms with Crippen LogP contribution in [0.2, 0.25) is 10.0 Å². The van der Waals surface area contributed by atoms with Gasteiger partial charge in [-0.3, -0.25) is 14.5 Å². The van der Waals surface area contributed by atoms with E-state index in [1.807, 2.05) is 60.7 Å². The minimum Gasteiger partial charge on any atom is -0.503 e. The molecule has 0 saturated heterocycles. The third-order valence-corrected chi connectivity index (χ3v) is 8.63. The lowest BCUT2D eigenvalue weighted by molar-refractivity contribution is -0.117. The number of aromatic nitrogens is 2. The molecule has 0 fully saturated rings. The number of carbonyl (C=O) groups is 2. The van der Waals surface area contributed by atoms with Crippen molar-refractivity contribution in [3.8, 4) is 0 Å². The van der Waals surface area contributed by atoms with E-state index in [4.69, 9.17) is 23.2 Å². The number of amides is 1. The Labute approximate surface area is 237 Å². The summed E-state index contributed by atoms with van der Waals surface area (Å²) in [6.45, 7) is 0. The zero-order chi connectivity index (χ0) is 26.6. The molecule has 2 heterocycles. The largest absolute Gasteiger partial charge is 0.503 e. The zero-order valence-corrected chi connectivity index (χ0v) is 22.8. The van der Waals surface area contributed by atoms with Crippen LogP contribution in [-0.4, -0.2) is 27.0 Å². The number of rotatable bonds is 8. The Balaban J connectivity index is 1.49. The van der Waals surface area contributed by atoms with Gasteiger partial charge in [-0.2, -0.15) is 0 Å². The molecule has 1 N–H and O–H groups in total. The minimum atomic E-state index is -0.967. The molecule has 10 heteroatoms. The van der Waals surface area contributed by atoms with Gasteiger partial charge < -0.3 is 5.11 Å². The molecule has 1 unspecified atom stereocenters. The lowest BCUT2D eigenvalue weighted by Crippen LogP contribution is -2.30. The second kappa shape index (κ2) is 11.5. The van der Waals surface area contributed by atoms with Crippen LogP contribution in [0.25, 0.3) is 6.08 Å². The van der Waals surface area contributed by atoms with Gasteiger partial charge in [-0.1, -0.05) is 119 Å². The van der Waals surface area contributed by atoms with Crippen LogP contribution in [0.1, 0.15) is 22.7 Å². The third-order valence-electron chi connectivity index (χ3n) is 5.77. The third kappa shape index (κ3) is 5.54. The number of halogens is 2. The van der Waals surface area contributed by atoms with Gasteiger partial charge in [-0.25, -0.2) is 0 Å². The highest BCUT2D eigenvalue weighted by Gasteiger charge is 2.45. The first-order chi connectivity index (χ1) is 18.4. The maximum absolute atomic E-state index is 13.4. The summed E-state index contributed by atoms with van der Waals surface area (Å²) >= 11 is 15.1. The SMILES string of the molecule is O=C(/C=C/c1ccccc1)C1=C(O)C(=O)N(c2nnc(SCc3ccccc3)s2)C1c1ccc(Cl)c(Cl)c1. The monoisotopic (exact) mass is 579 g/mol. The lowest BCUT2D eigenvalue weighted by atomic mass is 9.96. The molecule has 0 saturated carbocycles. The molecule has 0 spiro atoms.